The van der Waals surface area contributed by atoms with Gasteiger partial charge in [0.1, 0.15) is 5.69 Å². The Morgan fingerprint density at radius 2 is 1.74 bits per heavy atom. The van der Waals surface area contributed by atoms with E-state index in [-0.39, 0.29) is 58.5 Å². The molecule has 0 aliphatic carbocycles. The van der Waals surface area contributed by atoms with Crippen LogP contribution in [0.15, 0.2) is 73.1 Å². The van der Waals surface area contributed by atoms with Gasteiger partial charge in [-0.15, -0.1) is 35.9 Å². The average Bonchev–Trinajstić information content (AvgIpc) is 2.80. The molecule has 0 saturated carbocycles. The second kappa shape index (κ2) is 12.0. The van der Waals surface area contributed by atoms with Gasteiger partial charge in [-0.2, -0.15) is 12.1 Å². The molecule has 0 atom stereocenters. The fourth-order valence-electron chi connectivity index (χ4n) is 2.92. The van der Waals surface area contributed by atoms with Crippen molar-refractivity contribution in [1.29, 1.82) is 0 Å². The fraction of sp³-hybridized carbons (Fsp3) is 0.0417. The van der Waals surface area contributed by atoms with Crippen molar-refractivity contribution < 1.29 is 67.5 Å². The van der Waals surface area contributed by atoms with Crippen LogP contribution in [0.5, 0.6) is 5.75 Å². The zero-order valence-electron chi connectivity index (χ0n) is 16.2. The van der Waals surface area contributed by atoms with Gasteiger partial charge in [0.15, 0.2) is 0 Å². The van der Waals surface area contributed by atoms with Crippen molar-refractivity contribution in [1.82, 2.24) is 9.97 Å². The largest absolute Gasteiger partial charge is 0.572 e. The minimum Gasteiger partial charge on any atom is -0.572 e. The normalized spacial score (nSPS) is 10.5. The van der Waals surface area contributed by atoms with Gasteiger partial charge in [-0.1, -0.05) is 17.8 Å². The Morgan fingerprint density at radius 1 is 0.935 bits per heavy atom. The van der Waals surface area contributed by atoms with E-state index >= 15 is 0 Å². The minimum absolute atomic E-state index is 0. The zero-order chi connectivity index (χ0) is 20.1. The molecule has 0 bridgehead atoms. The maximum Gasteiger partial charge on any atom is 0.354 e. The van der Waals surface area contributed by atoms with Gasteiger partial charge in [0.05, 0.1) is 6.61 Å². The van der Waals surface area contributed by atoms with E-state index in [4.69, 9.17) is 9.84 Å². The third-order valence-electron chi connectivity index (χ3n) is 4.26. The molecule has 0 unspecified atom stereocenters. The molecular formula is C24H15IrN2O3Y-3. The van der Waals surface area contributed by atoms with Crippen molar-refractivity contribution >= 4 is 5.97 Å². The molecule has 1 aliphatic heterocycles. The predicted molar refractivity (Wildman–Crippen MR) is 107 cm³/mol. The summed E-state index contributed by atoms with van der Waals surface area (Å²) in [5, 5.41) is 8.32. The molecular weight excluding hydrogens is 645 g/mol. The summed E-state index contributed by atoms with van der Waals surface area (Å²) in [4.78, 5) is 18.1. The smallest absolute Gasteiger partial charge is 0.354 e. The molecule has 0 spiro atoms. The van der Waals surface area contributed by atoms with E-state index in [1.807, 2.05) is 42.5 Å². The van der Waals surface area contributed by atoms with Crippen molar-refractivity contribution in [3.63, 3.8) is 0 Å². The van der Waals surface area contributed by atoms with Crippen LogP contribution in [0.3, 0.4) is 0 Å². The Labute approximate surface area is 219 Å². The second-order valence-electron chi connectivity index (χ2n) is 6.11. The number of carboxylic acids is 1. The van der Waals surface area contributed by atoms with Crippen LogP contribution in [0.25, 0.3) is 22.4 Å². The first-order valence-corrected chi connectivity index (χ1v) is 8.89. The van der Waals surface area contributed by atoms with Crippen LogP contribution in [0.4, 0.5) is 0 Å². The number of rotatable bonds is 2. The average molecular weight is 661 g/mol. The molecule has 3 heterocycles. The molecule has 2 aromatic heterocycles. The van der Waals surface area contributed by atoms with Gasteiger partial charge in [0, 0.05) is 59.0 Å². The van der Waals surface area contributed by atoms with Crippen LogP contribution in [-0.2, 0) is 59.4 Å². The van der Waals surface area contributed by atoms with E-state index in [0.717, 1.165) is 33.7 Å². The Kier molecular flexibility index (Phi) is 9.66. The van der Waals surface area contributed by atoms with E-state index in [0.29, 0.717) is 6.61 Å². The Balaban J connectivity index is 0.000000267. The zero-order valence-corrected chi connectivity index (χ0v) is 21.4. The first-order chi connectivity index (χ1) is 14.2. The summed E-state index contributed by atoms with van der Waals surface area (Å²) in [5.41, 5.74) is 4.90. The van der Waals surface area contributed by atoms with Crippen LogP contribution in [0, 0.1) is 18.2 Å². The van der Waals surface area contributed by atoms with Crippen molar-refractivity contribution in [3.05, 3.63) is 103 Å². The van der Waals surface area contributed by atoms with Crippen LogP contribution in [-0.4, -0.2) is 21.0 Å². The molecule has 0 saturated heterocycles. The first-order valence-electron chi connectivity index (χ1n) is 8.89. The summed E-state index contributed by atoms with van der Waals surface area (Å²) in [5.74, 6) is -0.222. The summed E-state index contributed by atoms with van der Waals surface area (Å²) >= 11 is 0. The molecule has 1 aliphatic rings. The standard InChI is InChI=1S/C18H10NO.C6H5NO2.Ir.Y/c1-2-6-13(7-3-1)16-10-11-19-17-15-9-5-4-8-14(15)12-20-18(16)17;8-6(9)5-3-1-2-4-7-5;;/h1-6,8,11H,12H2;1-4H,(H,8,9);;/q-3;;;. The second-order valence-corrected chi connectivity index (χ2v) is 6.11. The van der Waals surface area contributed by atoms with Gasteiger partial charge in [-0.3, -0.25) is 5.56 Å². The van der Waals surface area contributed by atoms with E-state index in [9.17, 15) is 4.79 Å². The number of carboxylic acid groups (broad SMARTS) is 1. The third kappa shape index (κ3) is 5.93. The minimum atomic E-state index is -0.990. The molecule has 0 amide bonds. The number of benzene rings is 2. The SMILES string of the molecule is O=C(O)c1ccccn1.[Ir].[Y].[c-]1ccccc1-c1[c-]cnc2c1OCc1ccc[c-]c1-2. The van der Waals surface area contributed by atoms with Crippen molar-refractivity contribution in [3.8, 4) is 28.1 Å². The van der Waals surface area contributed by atoms with E-state index in [1.165, 1.54) is 12.3 Å². The van der Waals surface area contributed by atoms with Crippen molar-refractivity contribution in [2.24, 2.45) is 0 Å². The van der Waals surface area contributed by atoms with E-state index < -0.39 is 5.97 Å². The predicted octanol–water partition coefficient (Wildman–Crippen LogP) is 4.48. The van der Waals surface area contributed by atoms with E-state index in [1.54, 1.807) is 18.3 Å². The number of hydrogen-bond donors (Lipinski definition) is 1. The maximum absolute atomic E-state index is 10.1. The van der Waals surface area contributed by atoms with Gasteiger partial charge in [-0.25, -0.2) is 33.5 Å². The summed E-state index contributed by atoms with van der Waals surface area (Å²) < 4.78 is 5.90. The van der Waals surface area contributed by atoms with Gasteiger partial charge in [0.2, 0.25) is 0 Å². The molecule has 7 heteroatoms. The molecule has 2 radical (unpaired) electrons. The van der Waals surface area contributed by atoms with Crippen LogP contribution in [0.2, 0.25) is 0 Å². The third-order valence-corrected chi connectivity index (χ3v) is 4.26. The first kappa shape index (κ1) is 25.0. The molecule has 1 N–H and O–H groups in total. The summed E-state index contributed by atoms with van der Waals surface area (Å²) in [6, 6.07) is 28.1. The number of carbonyl (C=O) groups is 1. The topological polar surface area (TPSA) is 72.3 Å². The Bertz CT molecular complexity index is 1130. The number of hydrogen-bond acceptors (Lipinski definition) is 4. The maximum atomic E-state index is 10.1. The summed E-state index contributed by atoms with van der Waals surface area (Å²) in [7, 11) is 0. The quantitative estimate of drug-likeness (QED) is 0.322. The van der Waals surface area contributed by atoms with Crippen LogP contribution < -0.4 is 4.74 Å². The molecule has 31 heavy (non-hydrogen) atoms. The summed E-state index contributed by atoms with van der Waals surface area (Å²) in [6.45, 7) is 0.541. The Hall–Kier alpha value is -2.24. The fourth-order valence-corrected chi connectivity index (χ4v) is 2.92. The number of aromatic nitrogens is 2. The van der Waals surface area contributed by atoms with Crippen LogP contribution in [0.1, 0.15) is 16.1 Å². The molecule has 2 aromatic carbocycles. The van der Waals surface area contributed by atoms with Gasteiger partial charge < -0.3 is 14.8 Å². The molecule has 4 aromatic rings. The van der Waals surface area contributed by atoms with Gasteiger partial charge in [-0.05, 0) is 23.6 Å². The molecule has 0 fully saturated rings. The monoisotopic (exact) mass is 661 g/mol. The van der Waals surface area contributed by atoms with Crippen LogP contribution >= 0.6 is 0 Å². The number of ether oxygens (including phenoxy) is 1. The van der Waals surface area contributed by atoms with Crippen molar-refractivity contribution in [2.45, 2.75) is 6.61 Å². The number of aromatic carboxylic acids is 1. The molecule has 5 rings (SSSR count). The number of nitrogens with zero attached hydrogens (tertiary/aromatic N) is 2. The van der Waals surface area contributed by atoms with Gasteiger partial charge in [0.25, 0.3) is 0 Å². The number of fused-ring (bicyclic) bond motifs is 3. The van der Waals surface area contributed by atoms with E-state index in [2.05, 4.69) is 28.2 Å². The number of pyridine rings is 2. The molecule has 154 valence electrons. The summed E-state index contributed by atoms with van der Waals surface area (Å²) in [6.07, 6.45) is 3.14. The van der Waals surface area contributed by atoms with Gasteiger partial charge >= 0.3 is 5.97 Å². The van der Waals surface area contributed by atoms with Crippen molar-refractivity contribution in [2.75, 3.05) is 0 Å². The molecule has 5 nitrogen and oxygen atoms in total. The Morgan fingerprint density at radius 3 is 2.42 bits per heavy atom.